The summed E-state index contributed by atoms with van der Waals surface area (Å²) in [5.41, 5.74) is 4.43. The van der Waals surface area contributed by atoms with Crippen LogP contribution in [0.1, 0.15) is 5.56 Å². The molecule has 0 fully saturated rings. The Bertz CT molecular complexity index is 617. The van der Waals surface area contributed by atoms with Gasteiger partial charge in [0.2, 0.25) is 0 Å². The van der Waals surface area contributed by atoms with Gasteiger partial charge >= 0.3 is 6.18 Å². The molecule has 0 amide bonds. The summed E-state index contributed by atoms with van der Waals surface area (Å²) in [7, 11) is 0. The first-order valence-electron chi connectivity index (χ1n) is 4.89. The van der Waals surface area contributed by atoms with Crippen LogP contribution in [0.4, 0.5) is 18.9 Å². The van der Waals surface area contributed by atoms with Crippen molar-refractivity contribution in [1.82, 2.24) is 9.55 Å². The minimum Gasteiger partial charge on any atom is -0.393 e. The topological polar surface area (TPSA) is 60.9 Å². The second-order valence-electron chi connectivity index (χ2n) is 3.59. The van der Waals surface area contributed by atoms with Crippen LogP contribution in [0.15, 0.2) is 41.6 Å². The average Bonchev–Trinajstić information content (AvgIpc) is 2.32. The van der Waals surface area contributed by atoms with E-state index in [-0.39, 0.29) is 5.69 Å². The van der Waals surface area contributed by atoms with Gasteiger partial charge in [0.15, 0.2) is 0 Å². The molecule has 2 aromatic rings. The molecule has 1 aromatic heterocycles. The summed E-state index contributed by atoms with van der Waals surface area (Å²) >= 11 is 0. The monoisotopic (exact) mass is 255 g/mol. The van der Waals surface area contributed by atoms with Crippen molar-refractivity contribution >= 4 is 5.69 Å². The van der Waals surface area contributed by atoms with Crippen molar-refractivity contribution in [2.45, 2.75) is 6.18 Å². The highest BCUT2D eigenvalue weighted by atomic mass is 19.4. The van der Waals surface area contributed by atoms with E-state index in [0.29, 0.717) is 5.69 Å². The quantitative estimate of drug-likeness (QED) is 0.845. The molecule has 0 aliphatic carbocycles. The fourth-order valence-electron chi connectivity index (χ4n) is 1.39. The number of anilines is 1. The lowest BCUT2D eigenvalue weighted by atomic mass is 10.2. The Labute approximate surface area is 99.5 Å². The predicted octanol–water partition coefficient (Wildman–Crippen LogP) is 1.83. The van der Waals surface area contributed by atoms with E-state index in [4.69, 9.17) is 5.73 Å². The summed E-state index contributed by atoms with van der Waals surface area (Å²) in [6, 6.07) is 4.44. The molecule has 2 N–H and O–H groups in total. The number of benzene rings is 1. The minimum absolute atomic E-state index is 0.0719. The molecular weight excluding hydrogens is 247 g/mol. The number of halogens is 3. The van der Waals surface area contributed by atoms with Gasteiger partial charge in [0, 0.05) is 11.9 Å². The van der Waals surface area contributed by atoms with Crippen LogP contribution in [-0.2, 0) is 6.18 Å². The number of nitrogens with two attached hydrogens (primary N) is 1. The Morgan fingerprint density at radius 1 is 1.17 bits per heavy atom. The molecule has 18 heavy (non-hydrogen) atoms. The lowest BCUT2D eigenvalue weighted by molar-refractivity contribution is -0.137. The SMILES string of the molecule is Nc1cn(-c2ccc(C(F)(F)F)cc2)cnc1=O. The molecule has 0 aliphatic rings. The summed E-state index contributed by atoms with van der Waals surface area (Å²) in [6.45, 7) is 0. The number of hydrogen-bond donors (Lipinski definition) is 1. The molecule has 0 atom stereocenters. The Morgan fingerprint density at radius 3 is 2.28 bits per heavy atom. The van der Waals surface area contributed by atoms with Crippen molar-refractivity contribution in [2.75, 3.05) is 5.73 Å². The van der Waals surface area contributed by atoms with Crippen LogP contribution in [0.2, 0.25) is 0 Å². The Morgan fingerprint density at radius 2 is 1.78 bits per heavy atom. The van der Waals surface area contributed by atoms with Crippen molar-refractivity contribution in [3.05, 3.63) is 52.7 Å². The third kappa shape index (κ3) is 2.34. The predicted molar refractivity (Wildman–Crippen MR) is 59.2 cm³/mol. The molecule has 0 bridgehead atoms. The third-order valence-electron chi connectivity index (χ3n) is 2.32. The first-order chi connectivity index (χ1) is 8.38. The fourth-order valence-corrected chi connectivity index (χ4v) is 1.39. The molecule has 1 heterocycles. The first-order valence-corrected chi connectivity index (χ1v) is 4.89. The summed E-state index contributed by atoms with van der Waals surface area (Å²) in [5, 5.41) is 0. The minimum atomic E-state index is -4.38. The largest absolute Gasteiger partial charge is 0.416 e. The molecule has 0 spiro atoms. The Balaban J connectivity index is 2.40. The summed E-state index contributed by atoms with van der Waals surface area (Å²) < 4.78 is 38.4. The molecule has 0 unspecified atom stereocenters. The number of aromatic nitrogens is 2. The summed E-state index contributed by atoms with van der Waals surface area (Å²) in [6.07, 6.45) is -1.88. The maximum absolute atomic E-state index is 12.4. The number of rotatable bonds is 1. The van der Waals surface area contributed by atoms with E-state index < -0.39 is 17.3 Å². The lowest BCUT2D eigenvalue weighted by Crippen LogP contribution is -2.14. The van der Waals surface area contributed by atoms with Gasteiger partial charge in [-0.3, -0.25) is 4.79 Å². The zero-order chi connectivity index (χ0) is 13.3. The molecule has 0 saturated heterocycles. The third-order valence-corrected chi connectivity index (χ3v) is 2.32. The zero-order valence-corrected chi connectivity index (χ0v) is 8.98. The van der Waals surface area contributed by atoms with E-state index in [1.807, 2.05) is 0 Å². The van der Waals surface area contributed by atoms with Crippen molar-refractivity contribution in [3.63, 3.8) is 0 Å². The molecule has 4 nitrogen and oxygen atoms in total. The van der Waals surface area contributed by atoms with E-state index in [2.05, 4.69) is 4.98 Å². The molecule has 2 rings (SSSR count). The van der Waals surface area contributed by atoms with E-state index in [1.165, 1.54) is 29.2 Å². The second kappa shape index (κ2) is 4.17. The standard InChI is InChI=1S/C11H8F3N3O/c12-11(13,14)7-1-3-8(4-2-7)17-5-9(15)10(18)16-6-17/h1-6H,15H2. The highest BCUT2D eigenvalue weighted by Gasteiger charge is 2.29. The maximum Gasteiger partial charge on any atom is 0.416 e. The van der Waals surface area contributed by atoms with E-state index in [1.54, 1.807) is 0 Å². The van der Waals surface area contributed by atoms with Crippen LogP contribution in [0.25, 0.3) is 5.69 Å². The molecule has 1 aromatic carbocycles. The number of hydrogen-bond acceptors (Lipinski definition) is 3. The molecule has 0 radical (unpaired) electrons. The van der Waals surface area contributed by atoms with Gasteiger partial charge in [-0.25, -0.2) is 0 Å². The van der Waals surface area contributed by atoms with Crippen molar-refractivity contribution in [2.24, 2.45) is 0 Å². The highest BCUT2D eigenvalue weighted by molar-refractivity contribution is 5.39. The fraction of sp³-hybridized carbons (Fsp3) is 0.0909. The second-order valence-corrected chi connectivity index (χ2v) is 3.59. The van der Waals surface area contributed by atoms with Gasteiger partial charge in [0.25, 0.3) is 5.56 Å². The van der Waals surface area contributed by atoms with E-state index in [9.17, 15) is 18.0 Å². The Hall–Kier alpha value is -2.31. The lowest BCUT2D eigenvalue weighted by Gasteiger charge is -2.09. The van der Waals surface area contributed by atoms with Gasteiger partial charge in [-0.15, -0.1) is 0 Å². The first kappa shape index (κ1) is 12.2. The van der Waals surface area contributed by atoms with Crippen LogP contribution in [0.3, 0.4) is 0 Å². The van der Waals surface area contributed by atoms with Crippen molar-refractivity contribution < 1.29 is 13.2 Å². The molecule has 94 valence electrons. The van der Waals surface area contributed by atoms with E-state index in [0.717, 1.165) is 12.1 Å². The number of nitrogens with zero attached hydrogens (tertiary/aromatic N) is 2. The van der Waals surface area contributed by atoms with Gasteiger partial charge in [-0.1, -0.05) is 0 Å². The highest BCUT2D eigenvalue weighted by Crippen LogP contribution is 2.29. The van der Waals surface area contributed by atoms with Gasteiger partial charge < -0.3 is 10.3 Å². The molecular formula is C11H8F3N3O. The van der Waals surface area contributed by atoms with Crippen molar-refractivity contribution in [3.8, 4) is 5.69 Å². The Kier molecular flexibility index (Phi) is 2.82. The maximum atomic E-state index is 12.4. The number of alkyl halides is 3. The van der Waals surface area contributed by atoms with Crippen LogP contribution < -0.4 is 11.3 Å². The van der Waals surface area contributed by atoms with Crippen LogP contribution in [0, 0.1) is 0 Å². The zero-order valence-electron chi connectivity index (χ0n) is 8.98. The average molecular weight is 255 g/mol. The van der Waals surface area contributed by atoms with Gasteiger partial charge in [0.05, 0.1) is 5.56 Å². The molecule has 7 heteroatoms. The van der Waals surface area contributed by atoms with Crippen LogP contribution >= 0.6 is 0 Å². The van der Waals surface area contributed by atoms with Crippen LogP contribution in [-0.4, -0.2) is 9.55 Å². The molecule has 0 aliphatic heterocycles. The van der Waals surface area contributed by atoms with Gasteiger partial charge in [0.1, 0.15) is 12.0 Å². The van der Waals surface area contributed by atoms with Gasteiger partial charge in [-0.2, -0.15) is 18.2 Å². The van der Waals surface area contributed by atoms with Gasteiger partial charge in [-0.05, 0) is 24.3 Å². The summed E-state index contributed by atoms with van der Waals surface area (Å²) in [5.74, 6) is 0. The van der Waals surface area contributed by atoms with Crippen molar-refractivity contribution in [1.29, 1.82) is 0 Å². The number of nitrogen functional groups attached to an aromatic ring is 1. The normalized spacial score (nSPS) is 11.5. The smallest absolute Gasteiger partial charge is 0.393 e. The van der Waals surface area contributed by atoms with E-state index >= 15 is 0 Å². The molecule has 0 saturated carbocycles. The summed E-state index contributed by atoms with van der Waals surface area (Å²) in [4.78, 5) is 14.5. The van der Waals surface area contributed by atoms with Crippen LogP contribution in [0.5, 0.6) is 0 Å².